The zero-order valence-electron chi connectivity index (χ0n) is 14.9. The van der Waals surface area contributed by atoms with E-state index in [-0.39, 0.29) is 5.82 Å². The van der Waals surface area contributed by atoms with Gasteiger partial charge in [0.05, 0.1) is 0 Å². The first kappa shape index (κ1) is 18.0. The number of aromatic nitrogens is 2. The number of carbonyl (C=O) groups excluding carboxylic acids is 1. The van der Waals surface area contributed by atoms with Gasteiger partial charge in [-0.05, 0) is 61.0 Å². The highest BCUT2D eigenvalue weighted by atomic mass is 35.5. The number of amides is 2. The fourth-order valence-corrected chi connectivity index (χ4v) is 3.03. The lowest BCUT2D eigenvalue weighted by Gasteiger charge is -2.10. The average molecular weight is 395 g/mol. The van der Waals surface area contributed by atoms with Crippen LogP contribution in [0.4, 0.5) is 20.7 Å². The van der Waals surface area contributed by atoms with Crippen LogP contribution in [0.15, 0.2) is 66.9 Å². The molecule has 0 atom stereocenters. The molecule has 0 aliphatic carbocycles. The predicted octanol–water partition coefficient (Wildman–Crippen LogP) is 5.75. The van der Waals surface area contributed by atoms with Crippen molar-refractivity contribution in [2.24, 2.45) is 0 Å². The van der Waals surface area contributed by atoms with Gasteiger partial charge in [-0.25, -0.2) is 14.2 Å². The quantitative estimate of drug-likeness (QED) is 0.465. The first-order valence-electron chi connectivity index (χ1n) is 8.58. The van der Waals surface area contributed by atoms with E-state index in [9.17, 15) is 9.18 Å². The molecule has 2 aromatic carbocycles. The molecule has 0 saturated carbocycles. The van der Waals surface area contributed by atoms with Crippen LogP contribution >= 0.6 is 11.6 Å². The molecule has 28 heavy (non-hydrogen) atoms. The highest BCUT2D eigenvalue weighted by Gasteiger charge is 2.17. The first-order chi connectivity index (χ1) is 13.5. The number of halogens is 2. The normalized spacial score (nSPS) is 10.8. The molecule has 2 aromatic heterocycles. The molecule has 2 N–H and O–H groups in total. The molecule has 0 aliphatic rings. The molecule has 140 valence electrons. The molecule has 5 nitrogen and oxygen atoms in total. The molecule has 2 heterocycles. The second kappa shape index (κ2) is 7.32. The van der Waals surface area contributed by atoms with Gasteiger partial charge in [0.2, 0.25) is 0 Å². The van der Waals surface area contributed by atoms with Gasteiger partial charge in [-0.2, -0.15) is 0 Å². The second-order valence-corrected chi connectivity index (χ2v) is 6.77. The molecule has 0 unspecified atom stereocenters. The molecule has 0 radical (unpaired) electrons. The largest absolute Gasteiger partial charge is 0.324 e. The van der Waals surface area contributed by atoms with Crippen LogP contribution in [0.5, 0.6) is 0 Å². The lowest BCUT2D eigenvalue weighted by atomic mass is 10.1. The molecule has 0 aliphatic heterocycles. The highest BCUT2D eigenvalue weighted by molar-refractivity contribution is 6.30. The van der Waals surface area contributed by atoms with Gasteiger partial charge in [0, 0.05) is 22.5 Å². The summed E-state index contributed by atoms with van der Waals surface area (Å²) in [5, 5.41) is 6.16. The zero-order chi connectivity index (χ0) is 19.7. The standard InChI is InChI=1S/C21H16ClFN4O/c1-13-9-10-27-18(11-13)25-19(14-3-2-4-16(23)12-14)20(27)26-21(28)24-17-7-5-15(22)6-8-17/h2-12H,1H3,(H2,24,26,28). The predicted molar refractivity (Wildman–Crippen MR) is 109 cm³/mol. The molecule has 0 saturated heterocycles. The number of nitrogens with zero attached hydrogens (tertiary/aromatic N) is 2. The monoisotopic (exact) mass is 394 g/mol. The number of aryl methyl sites for hydroxylation is 1. The molecule has 4 aromatic rings. The Morgan fingerprint density at radius 3 is 2.61 bits per heavy atom. The average Bonchev–Trinajstić information content (AvgIpc) is 3.01. The molecule has 0 spiro atoms. The lowest BCUT2D eigenvalue weighted by Crippen LogP contribution is -2.20. The van der Waals surface area contributed by atoms with Gasteiger partial charge >= 0.3 is 6.03 Å². The van der Waals surface area contributed by atoms with Crippen molar-refractivity contribution in [3.63, 3.8) is 0 Å². The summed E-state index contributed by atoms with van der Waals surface area (Å²) < 4.78 is 15.5. The molecular weight excluding hydrogens is 379 g/mol. The van der Waals surface area contributed by atoms with Crippen LogP contribution in [0, 0.1) is 12.7 Å². The number of urea groups is 1. The van der Waals surface area contributed by atoms with Crippen molar-refractivity contribution in [1.82, 2.24) is 9.38 Å². The Bertz CT molecular complexity index is 1170. The van der Waals surface area contributed by atoms with E-state index in [4.69, 9.17) is 11.6 Å². The van der Waals surface area contributed by atoms with Crippen LogP contribution in [-0.4, -0.2) is 15.4 Å². The number of carbonyl (C=O) groups is 1. The second-order valence-electron chi connectivity index (χ2n) is 6.34. The Hall–Kier alpha value is -3.38. The van der Waals surface area contributed by atoms with E-state index >= 15 is 0 Å². The zero-order valence-corrected chi connectivity index (χ0v) is 15.7. The molecule has 0 bridgehead atoms. The smallest absolute Gasteiger partial charge is 0.308 e. The third-order valence-electron chi connectivity index (χ3n) is 4.21. The first-order valence-corrected chi connectivity index (χ1v) is 8.95. The molecule has 7 heteroatoms. The van der Waals surface area contributed by atoms with Crippen molar-refractivity contribution in [1.29, 1.82) is 0 Å². The van der Waals surface area contributed by atoms with E-state index < -0.39 is 6.03 Å². The molecule has 0 fully saturated rings. The fraction of sp³-hybridized carbons (Fsp3) is 0.0476. The SMILES string of the molecule is Cc1ccn2c(NC(=O)Nc3ccc(Cl)cc3)c(-c3cccc(F)c3)nc2c1. The lowest BCUT2D eigenvalue weighted by molar-refractivity contribution is 0.262. The van der Waals surface area contributed by atoms with Gasteiger partial charge in [0.1, 0.15) is 23.0 Å². The van der Waals surface area contributed by atoms with Crippen molar-refractivity contribution in [3.05, 3.63) is 83.3 Å². The van der Waals surface area contributed by atoms with Gasteiger partial charge in [0.25, 0.3) is 0 Å². The summed E-state index contributed by atoms with van der Waals surface area (Å²) in [5.74, 6) is 0.0781. The van der Waals surface area contributed by atoms with Crippen molar-refractivity contribution in [2.45, 2.75) is 6.92 Å². The van der Waals surface area contributed by atoms with E-state index in [1.165, 1.54) is 12.1 Å². The van der Waals surface area contributed by atoms with Gasteiger partial charge in [-0.1, -0.05) is 23.7 Å². The number of hydrogen-bond donors (Lipinski definition) is 2. The van der Waals surface area contributed by atoms with E-state index in [2.05, 4.69) is 15.6 Å². The number of fused-ring (bicyclic) bond motifs is 1. The molecule has 2 amide bonds. The van der Waals surface area contributed by atoms with Crippen molar-refractivity contribution in [2.75, 3.05) is 10.6 Å². The van der Waals surface area contributed by atoms with Gasteiger partial charge in [-0.3, -0.25) is 9.72 Å². The summed E-state index contributed by atoms with van der Waals surface area (Å²) in [5.41, 5.74) is 3.33. The van der Waals surface area contributed by atoms with Crippen molar-refractivity contribution in [3.8, 4) is 11.3 Å². The van der Waals surface area contributed by atoms with Gasteiger partial charge in [-0.15, -0.1) is 0 Å². The van der Waals surface area contributed by atoms with Crippen LogP contribution in [0.25, 0.3) is 16.9 Å². The number of rotatable bonds is 3. The number of anilines is 2. The molecular formula is C21H16ClFN4O. The van der Waals surface area contributed by atoms with Crippen LogP contribution in [-0.2, 0) is 0 Å². The minimum Gasteiger partial charge on any atom is -0.308 e. The van der Waals surface area contributed by atoms with E-state index in [1.807, 2.05) is 25.3 Å². The van der Waals surface area contributed by atoms with Crippen molar-refractivity contribution < 1.29 is 9.18 Å². The van der Waals surface area contributed by atoms with Crippen LogP contribution in [0.3, 0.4) is 0 Å². The minimum atomic E-state index is -0.442. The maximum absolute atomic E-state index is 13.7. The van der Waals surface area contributed by atoms with Crippen LogP contribution in [0.1, 0.15) is 5.56 Å². The number of benzene rings is 2. The Labute approximate surface area is 165 Å². The fourth-order valence-electron chi connectivity index (χ4n) is 2.91. The van der Waals surface area contributed by atoms with Gasteiger partial charge in [0.15, 0.2) is 0 Å². The summed E-state index contributed by atoms with van der Waals surface area (Å²) in [6, 6.07) is 16.2. The Morgan fingerprint density at radius 2 is 1.86 bits per heavy atom. The van der Waals surface area contributed by atoms with Crippen LogP contribution in [0.2, 0.25) is 5.02 Å². The number of nitrogens with one attached hydrogen (secondary N) is 2. The number of hydrogen-bond acceptors (Lipinski definition) is 2. The van der Waals surface area contributed by atoms with E-state index in [0.29, 0.717) is 33.4 Å². The summed E-state index contributed by atoms with van der Waals surface area (Å²) >= 11 is 5.87. The Balaban J connectivity index is 1.73. The number of pyridine rings is 1. The van der Waals surface area contributed by atoms with Crippen LogP contribution < -0.4 is 10.6 Å². The Kier molecular flexibility index (Phi) is 4.71. The van der Waals surface area contributed by atoms with E-state index in [1.54, 1.807) is 40.8 Å². The van der Waals surface area contributed by atoms with E-state index in [0.717, 1.165) is 5.56 Å². The summed E-state index contributed by atoms with van der Waals surface area (Å²) in [6.45, 7) is 1.96. The minimum absolute atomic E-state index is 0.373. The summed E-state index contributed by atoms with van der Waals surface area (Å²) in [4.78, 5) is 17.1. The molecule has 4 rings (SSSR count). The Morgan fingerprint density at radius 1 is 1.07 bits per heavy atom. The highest BCUT2D eigenvalue weighted by Crippen LogP contribution is 2.29. The maximum atomic E-state index is 13.7. The van der Waals surface area contributed by atoms with Crippen molar-refractivity contribution >= 4 is 34.8 Å². The maximum Gasteiger partial charge on any atom is 0.324 e. The van der Waals surface area contributed by atoms with Gasteiger partial charge < -0.3 is 5.32 Å². The summed E-state index contributed by atoms with van der Waals surface area (Å²) in [6.07, 6.45) is 1.82. The summed E-state index contributed by atoms with van der Waals surface area (Å²) in [7, 11) is 0. The topological polar surface area (TPSA) is 58.4 Å². The third-order valence-corrected chi connectivity index (χ3v) is 4.47. The number of imidazole rings is 1. The third kappa shape index (κ3) is 3.68.